The van der Waals surface area contributed by atoms with Crippen molar-refractivity contribution >= 4 is 16.9 Å². The van der Waals surface area contributed by atoms with E-state index in [2.05, 4.69) is 24.2 Å². The molecule has 0 heterocycles. The minimum atomic E-state index is 0.782. The summed E-state index contributed by atoms with van der Waals surface area (Å²) in [6.45, 7) is 4.48. The Bertz CT molecular complexity index is 123. The van der Waals surface area contributed by atoms with Crippen LogP contribution in [0.4, 0.5) is 0 Å². The molecule has 0 bridgehead atoms. The molecule has 0 aliphatic heterocycles. The van der Waals surface area contributed by atoms with Gasteiger partial charge < -0.3 is 5.32 Å². The lowest BCUT2D eigenvalue weighted by molar-refractivity contribution is 0.638. The van der Waals surface area contributed by atoms with Gasteiger partial charge in [-0.15, -0.1) is 0 Å². The summed E-state index contributed by atoms with van der Waals surface area (Å²) >= 11 is 1.79. The van der Waals surface area contributed by atoms with Crippen molar-refractivity contribution in [3.05, 3.63) is 0 Å². The van der Waals surface area contributed by atoms with E-state index in [0.717, 1.165) is 16.8 Å². The van der Waals surface area contributed by atoms with Crippen LogP contribution in [0.3, 0.4) is 0 Å². The Hall–Kier alpha value is -0.180. The van der Waals surface area contributed by atoms with Gasteiger partial charge in [-0.1, -0.05) is 32.0 Å². The van der Waals surface area contributed by atoms with Gasteiger partial charge in [-0.25, -0.2) is 0 Å². The largest absolute Gasteiger partial charge is 0.368 e. The van der Waals surface area contributed by atoms with E-state index in [1.807, 2.05) is 14.1 Å². The second-order valence-corrected chi connectivity index (χ2v) is 3.61. The van der Waals surface area contributed by atoms with E-state index in [-0.39, 0.29) is 0 Å². The molecule has 0 aromatic rings. The number of nitrogens with one attached hydrogen (secondary N) is 1. The van der Waals surface area contributed by atoms with Crippen molar-refractivity contribution in [2.75, 3.05) is 19.8 Å². The van der Waals surface area contributed by atoms with Crippen molar-refractivity contribution in [1.29, 1.82) is 0 Å². The van der Waals surface area contributed by atoms with Crippen molar-refractivity contribution in [2.45, 2.75) is 20.3 Å². The van der Waals surface area contributed by atoms with Crippen molar-refractivity contribution in [3.63, 3.8) is 0 Å². The van der Waals surface area contributed by atoms with Gasteiger partial charge in [0.05, 0.1) is 0 Å². The van der Waals surface area contributed by atoms with E-state index in [1.54, 1.807) is 11.8 Å². The molecule has 0 aliphatic rings. The van der Waals surface area contributed by atoms with Gasteiger partial charge in [0.2, 0.25) is 0 Å². The first-order valence-corrected chi connectivity index (χ1v) is 5.00. The maximum absolute atomic E-state index is 4.08. The first-order valence-electron chi connectivity index (χ1n) is 4.01. The molecule has 11 heavy (non-hydrogen) atoms. The summed E-state index contributed by atoms with van der Waals surface area (Å²) in [6.07, 6.45) is 1.24. The van der Waals surface area contributed by atoms with Crippen LogP contribution in [0.2, 0.25) is 0 Å². The van der Waals surface area contributed by atoms with E-state index in [0.29, 0.717) is 0 Å². The zero-order chi connectivity index (χ0) is 8.69. The lowest BCUT2D eigenvalue weighted by Gasteiger charge is -2.08. The molecule has 0 rings (SSSR count). The van der Waals surface area contributed by atoms with Crippen molar-refractivity contribution in [3.8, 4) is 0 Å². The van der Waals surface area contributed by atoms with E-state index < -0.39 is 0 Å². The van der Waals surface area contributed by atoms with Gasteiger partial charge in [0.15, 0.2) is 5.17 Å². The van der Waals surface area contributed by atoms with Crippen LogP contribution in [0.1, 0.15) is 20.3 Å². The third-order valence-electron chi connectivity index (χ3n) is 1.62. The molecule has 0 amide bonds. The van der Waals surface area contributed by atoms with Crippen LogP contribution in [0.25, 0.3) is 0 Å². The van der Waals surface area contributed by atoms with Crippen LogP contribution in [-0.2, 0) is 0 Å². The minimum Gasteiger partial charge on any atom is -0.368 e. The van der Waals surface area contributed by atoms with Gasteiger partial charge in [0, 0.05) is 19.8 Å². The summed E-state index contributed by atoms with van der Waals surface area (Å²) in [5.74, 6) is 1.94. The molecule has 66 valence electrons. The highest BCUT2D eigenvalue weighted by atomic mass is 32.2. The average Bonchev–Trinajstić information content (AvgIpc) is 2.06. The van der Waals surface area contributed by atoms with Gasteiger partial charge >= 0.3 is 0 Å². The van der Waals surface area contributed by atoms with Gasteiger partial charge in [0.25, 0.3) is 0 Å². The number of rotatable bonds is 3. The first-order chi connectivity index (χ1) is 5.24. The van der Waals surface area contributed by atoms with Crippen molar-refractivity contribution in [2.24, 2.45) is 10.9 Å². The van der Waals surface area contributed by atoms with Gasteiger partial charge in [-0.2, -0.15) is 0 Å². The highest BCUT2D eigenvalue weighted by molar-refractivity contribution is 8.13. The SMILES string of the molecule is CCC(C)CSC(=NC)NC. The Morgan fingerprint density at radius 2 is 2.27 bits per heavy atom. The molecule has 1 unspecified atom stereocenters. The van der Waals surface area contributed by atoms with Crippen molar-refractivity contribution < 1.29 is 0 Å². The number of aliphatic imine (C=N–C) groups is 1. The molecule has 0 saturated heterocycles. The van der Waals surface area contributed by atoms with Crippen LogP contribution >= 0.6 is 11.8 Å². The molecule has 0 aromatic heterocycles. The summed E-state index contributed by atoms with van der Waals surface area (Å²) < 4.78 is 0. The molecule has 0 fully saturated rings. The number of amidine groups is 1. The summed E-state index contributed by atoms with van der Waals surface area (Å²) in [4.78, 5) is 4.08. The average molecular weight is 174 g/mol. The van der Waals surface area contributed by atoms with Gasteiger partial charge in [-0.05, 0) is 5.92 Å². The molecule has 0 aromatic carbocycles. The lowest BCUT2D eigenvalue weighted by Crippen LogP contribution is -2.15. The zero-order valence-electron chi connectivity index (χ0n) is 7.85. The van der Waals surface area contributed by atoms with Crippen LogP contribution in [0.5, 0.6) is 0 Å². The Balaban J connectivity index is 3.51. The van der Waals surface area contributed by atoms with E-state index in [9.17, 15) is 0 Å². The number of hydrogen-bond acceptors (Lipinski definition) is 2. The van der Waals surface area contributed by atoms with Crippen LogP contribution in [0, 0.1) is 5.92 Å². The van der Waals surface area contributed by atoms with Crippen LogP contribution in [-0.4, -0.2) is 25.0 Å². The van der Waals surface area contributed by atoms with Crippen molar-refractivity contribution in [1.82, 2.24) is 5.32 Å². The van der Waals surface area contributed by atoms with Crippen LogP contribution < -0.4 is 5.32 Å². The lowest BCUT2D eigenvalue weighted by atomic mass is 10.2. The molecule has 2 nitrogen and oxygen atoms in total. The predicted molar refractivity (Wildman–Crippen MR) is 54.3 cm³/mol. The number of hydrogen-bond donors (Lipinski definition) is 1. The van der Waals surface area contributed by atoms with E-state index >= 15 is 0 Å². The maximum Gasteiger partial charge on any atom is 0.156 e. The summed E-state index contributed by atoms with van der Waals surface area (Å²) in [6, 6.07) is 0. The topological polar surface area (TPSA) is 24.4 Å². The third kappa shape index (κ3) is 5.13. The van der Waals surface area contributed by atoms with Crippen LogP contribution in [0.15, 0.2) is 4.99 Å². The van der Waals surface area contributed by atoms with E-state index in [4.69, 9.17) is 0 Å². The number of nitrogens with zero attached hydrogens (tertiary/aromatic N) is 1. The molecule has 1 atom stereocenters. The fourth-order valence-corrected chi connectivity index (χ4v) is 1.54. The predicted octanol–water partition coefficient (Wildman–Crippen LogP) is 1.97. The minimum absolute atomic E-state index is 0.782. The standard InChI is InChI=1S/C8H18N2S/c1-5-7(2)6-11-8(9-3)10-4/h7H,5-6H2,1-4H3,(H,9,10). The fourth-order valence-electron chi connectivity index (χ4n) is 0.588. The molecule has 0 spiro atoms. The third-order valence-corrected chi connectivity index (χ3v) is 3.01. The van der Waals surface area contributed by atoms with Gasteiger partial charge in [-0.3, -0.25) is 4.99 Å². The summed E-state index contributed by atoms with van der Waals surface area (Å²) in [5.41, 5.74) is 0. The fraction of sp³-hybridized carbons (Fsp3) is 0.875. The molecule has 3 heteroatoms. The smallest absolute Gasteiger partial charge is 0.156 e. The maximum atomic E-state index is 4.08. The first kappa shape index (κ1) is 10.8. The molecule has 0 aliphatic carbocycles. The monoisotopic (exact) mass is 174 g/mol. The Labute approximate surface area is 73.9 Å². The van der Waals surface area contributed by atoms with E-state index in [1.165, 1.54) is 6.42 Å². The number of thioether (sulfide) groups is 1. The quantitative estimate of drug-likeness (QED) is 0.522. The normalized spacial score (nSPS) is 14.7. The van der Waals surface area contributed by atoms with Gasteiger partial charge in [0.1, 0.15) is 0 Å². The Morgan fingerprint density at radius 3 is 2.64 bits per heavy atom. The summed E-state index contributed by atoms with van der Waals surface area (Å²) in [7, 11) is 3.72. The molecular weight excluding hydrogens is 156 g/mol. The molecule has 0 radical (unpaired) electrons. The Morgan fingerprint density at radius 1 is 1.64 bits per heavy atom. The zero-order valence-corrected chi connectivity index (χ0v) is 8.66. The molecular formula is C8H18N2S. The Kier molecular flexibility index (Phi) is 6.42. The molecule has 0 saturated carbocycles. The second kappa shape index (κ2) is 6.53. The second-order valence-electron chi connectivity index (χ2n) is 2.60. The molecule has 1 N–H and O–H groups in total. The highest BCUT2D eigenvalue weighted by Gasteiger charge is 2.01. The summed E-state index contributed by atoms with van der Waals surface area (Å²) in [5, 5.41) is 4.08. The highest BCUT2D eigenvalue weighted by Crippen LogP contribution is 2.11.